The van der Waals surface area contributed by atoms with Crippen LogP contribution in [0.1, 0.15) is 27.0 Å². The highest BCUT2D eigenvalue weighted by Gasteiger charge is 2.09. The molecule has 0 aliphatic heterocycles. The van der Waals surface area contributed by atoms with Gasteiger partial charge in [0.05, 0.1) is 5.56 Å². The second-order valence-electron chi connectivity index (χ2n) is 6.13. The molecule has 0 spiro atoms. The van der Waals surface area contributed by atoms with Crippen molar-refractivity contribution in [3.05, 3.63) is 78.6 Å². The zero-order valence-electron chi connectivity index (χ0n) is 14.2. The molecule has 0 aliphatic carbocycles. The predicted molar refractivity (Wildman–Crippen MR) is 109 cm³/mol. The van der Waals surface area contributed by atoms with Crippen LogP contribution in [-0.2, 0) is 6.42 Å². The molecule has 1 aromatic heterocycles. The topological polar surface area (TPSA) is 62.0 Å². The zero-order valence-corrected chi connectivity index (χ0v) is 16.3. The lowest BCUT2D eigenvalue weighted by molar-refractivity contribution is 0.0953. The minimum atomic E-state index is -0.117. The Bertz CT molecular complexity index is 1010. The van der Waals surface area contributed by atoms with Gasteiger partial charge in [0.15, 0.2) is 0 Å². The molecular formula is C20H19IN2O2. The lowest BCUT2D eigenvalue weighted by Crippen LogP contribution is -2.28. The Kier molecular flexibility index (Phi) is 5.22. The molecule has 4 nitrogen and oxygen atoms in total. The molecule has 25 heavy (non-hydrogen) atoms. The van der Waals surface area contributed by atoms with E-state index in [2.05, 4.69) is 45.9 Å². The maximum atomic E-state index is 12.3. The van der Waals surface area contributed by atoms with Crippen LogP contribution in [0.4, 0.5) is 0 Å². The van der Waals surface area contributed by atoms with Gasteiger partial charge in [-0.2, -0.15) is 0 Å². The second-order valence-corrected chi connectivity index (χ2v) is 7.30. The first kappa shape index (κ1) is 17.7. The van der Waals surface area contributed by atoms with Crippen molar-refractivity contribution in [3.8, 4) is 0 Å². The number of rotatable bonds is 4. The fourth-order valence-electron chi connectivity index (χ4n) is 2.76. The predicted octanol–water partition coefficient (Wildman–Crippen LogP) is 3.72. The third kappa shape index (κ3) is 3.92. The van der Waals surface area contributed by atoms with Crippen LogP contribution in [0.25, 0.3) is 10.9 Å². The first-order valence-electron chi connectivity index (χ1n) is 8.11. The summed E-state index contributed by atoms with van der Waals surface area (Å²) in [6.45, 7) is 4.51. The Hall–Kier alpha value is -2.15. The first-order chi connectivity index (χ1) is 12.0. The Balaban J connectivity index is 1.74. The van der Waals surface area contributed by atoms with Crippen molar-refractivity contribution in [2.24, 2.45) is 0 Å². The standard InChI is InChI=1S/C20H19IN2O2/c1-12-9-15-11-14(19(24)23-18(15)10-13(12)2)7-8-22-20(25)16-5-3-4-6-17(16)21/h3-6,9-11H,7-8H2,1-2H3,(H,22,25)(H,23,24). The molecule has 0 atom stereocenters. The van der Waals surface area contributed by atoms with Gasteiger partial charge in [-0.25, -0.2) is 0 Å². The van der Waals surface area contributed by atoms with Gasteiger partial charge in [0.2, 0.25) is 0 Å². The quantitative estimate of drug-likeness (QED) is 0.601. The van der Waals surface area contributed by atoms with Gasteiger partial charge in [-0.3, -0.25) is 9.59 Å². The molecule has 1 heterocycles. The van der Waals surface area contributed by atoms with Gasteiger partial charge in [0, 0.05) is 21.2 Å². The van der Waals surface area contributed by atoms with E-state index in [1.54, 1.807) is 6.07 Å². The van der Waals surface area contributed by atoms with E-state index < -0.39 is 0 Å². The Labute approximate surface area is 159 Å². The van der Waals surface area contributed by atoms with Crippen molar-refractivity contribution in [1.82, 2.24) is 10.3 Å². The highest BCUT2D eigenvalue weighted by Crippen LogP contribution is 2.17. The number of amides is 1. The molecular weight excluding hydrogens is 427 g/mol. The number of pyridine rings is 1. The van der Waals surface area contributed by atoms with Gasteiger partial charge in [0.25, 0.3) is 11.5 Å². The van der Waals surface area contributed by atoms with E-state index in [9.17, 15) is 9.59 Å². The number of H-pyrrole nitrogens is 1. The van der Waals surface area contributed by atoms with Crippen LogP contribution in [0.3, 0.4) is 0 Å². The highest BCUT2D eigenvalue weighted by molar-refractivity contribution is 14.1. The number of benzene rings is 2. The van der Waals surface area contributed by atoms with Gasteiger partial charge in [0.1, 0.15) is 0 Å². The number of aryl methyl sites for hydroxylation is 2. The summed E-state index contributed by atoms with van der Waals surface area (Å²) in [5.74, 6) is -0.117. The Morgan fingerprint density at radius 1 is 1.12 bits per heavy atom. The van der Waals surface area contributed by atoms with Gasteiger partial charge < -0.3 is 10.3 Å². The van der Waals surface area contributed by atoms with Crippen LogP contribution in [-0.4, -0.2) is 17.4 Å². The minimum Gasteiger partial charge on any atom is -0.352 e. The fourth-order valence-corrected chi connectivity index (χ4v) is 3.39. The first-order valence-corrected chi connectivity index (χ1v) is 9.19. The summed E-state index contributed by atoms with van der Waals surface area (Å²) in [5, 5.41) is 3.90. The Morgan fingerprint density at radius 3 is 2.60 bits per heavy atom. The number of carbonyl (C=O) groups is 1. The molecule has 1 amide bonds. The van der Waals surface area contributed by atoms with Crippen LogP contribution in [0, 0.1) is 17.4 Å². The molecule has 2 N–H and O–H groups in total. The summed E-state index contributed by atoms with van der Waals surface area (Å²) in [7, 11) is 0. The number of aromatic nitrogens is 1. The number of hydrogen-bond donors (Lipinski definition) is 2. The molecule has 2 aromatic carbocycles. The lowest BCUT2D eigenvalue weighted by Gasteiger charge is -2.08. The molecule has 0 fully saturated rings. The number of hydrogen-bond acceptors (Lipinski definition) is 2. The monoisotopic (exact) mass is 446 g/mol. The van der Waals surface area contributed by atoms with E-state index in [0.717, 1.165) is 20.0 Å². The van der Waals surface area contributed by atoms with Gasteiger partial charge in [-0.1, -0.05) is 12.1 Å². The van der Waals surface area contributed by atoms with E-state index in [4.69, 9.17) is 0 Å². The van der Waals surface area contributed by atoms with Crippen molar-refractivity contribution in [2.75, 3.05) is 6.54 Å². The normalized spacial score (nSPS) is 10.8. The van der Waals surface area contributed by atoms with E-state index in [0.29, 0.717) is 24.1 Å². The van der Waals surface area contributed by atoms with Crippen LogP contribution in [0.15, 0.2) is 47.3 Å². The van der Waals surface area contributed by atoms with Gasteiger partial charge in [-0.15, -0.1) is 0 Å². The van der Waals surface area contributed by atoms with Gasteiger partial charge in [-0.05, 0) is 89.7 Å². The summed E-state index contributed by atoms with van der Waals surface area (Å²) in [6, 6.07) is 13.4. The molecule has 0 unspecified atom stereocenters. The van der Waals surface area contributed by atoms with Crippen molar-refractivity contribution in [3.63, 3.8) is 0 Å². The SMILES string of the molecule is Cc1cc2cc(CCNC(=O)c3ccccc3I)c(=O)[nH]c2cc1C. The Morgan fingerprint density at radius 2 is 1.84 bits per heavy atom. The lowest BCUT2D eigenvalue weighted by atomic mass is 10.0. The average Bonchev–Trinajstić information content (AvgIpc) is 2.57. The highest BCUT2D eigenvalue weighted by atomic mass is 127. The number of nitrogens with one attached hydrogen (secondary N) is 2. The molecule has 0 bridgehead atoms. The third-order valence-corrected chi connectivity index (χ3v) is 5.27. The summed E-state index contributed by atoms with van der Waals surface area (Å²) in [6.07, 6.45) is 0.493. The van der Waals surface area contributed by atoms with E-state index in [-0.39, 0.29) is 11.5 Å². The summed E-state index contributed by atoms with van der Waals surface area (Å²) < 4.78 is 0.909. The van der Waals surface area contributed by atoms with Crippen molar-refractivity contribution >= 4 is 39.4 Å². The van der Waals surface area contributed by atoms with E-state index >= 15 is 0 Å². The number of aromatic amines is 1. The van der Waals surface area contributed by atoms with Crippen molar-refractivity contribution < 1.29 is 4.79 Å². The summed E-state index contributed by atoms with van der Waals surface area (Å²) in [5.41, 5.74) is 4.43. The smallest absolute Gasteiger partial charge is 0.252 e. The summed E-state index contributed by atoms with van der Waals surface area (Å²) >= 11 is 2.14. The van der Waals surface area contributed by atoms with Crippen LogP contribution < -0.4 is 10.9 Å². The third-order valence-electron chi connectivity index (χ3n) is 4.33. The zero-order chi connectivity index (χ0) is 18.0. The molecule has 0 saturated heterocycles. The second kappa shape index (κ2) is 7.39. The molecule has 0 aliphatic rings. The number of carbonyl (C=O) groups excluding carboxylic acids is 1. The van der Waals surface area contributed by atoms with Crippen LogP contribution in [0.5, 0.6) is 0 Å². The summed E-state index contributed by atoms with van der Waals surface area (Å²) in [4.78, 5) is 27.4. The number of halogens is 1. The number of fused-ring (bicyclic) bond motifs is 1. The van der Waals surface area contributed by atoms with Crippen molar-refractivity contribution in [2.45, 2.75) is 20.3 Å². The molecule has 128 valence electrons. The molecule has 3 aromatic rings. The van der Waals surface area contributed by atoms with E-state index in [1.165, 1.54) is 5.56 Å². The minimum absolute atomic E-state index is 0.0979. The van der Waals surface area contributed by atoms with E-state index in [1.807, 2.05) is 37.3 Å². The maximum Gasteiger partial charge on any atom is 0.252 e. The molecule has 3 rings (SSSR count). The van der Waals surface area contributed by atoms with Crippen LogP contribution >= 0.6 is 22.6 Å². The average molecular weight is 446 g/mol. The molecule has 0 saturated carbocycles. The largest absolute Gasteiger partial charge is 0.352 e. The van der Waals surface area contributed by atoms with Gasteiger partial charge >= 0.3 is 0 Å². The van der Waals surface area contributed by atoms with Crippen LogP contribution in [0.2, 0.25) is 0 Å². The fraction of sp³-hybridized carbons (Fsp3) is 0.200. The van der Waals surface area contributed by atoms with Crippen molar-refractivity contribution in [1.29, 1.82) is 0 Å². The molecule has 0 radical (unpaired) electrons. The molecule has 5 heteroatoms. The maximum absolute atomic E-state index is 12.3.